The number of allylic oxidation sites excluding steroid dienone is 3. The van der Waals surface area contributed by atoms with Gasteiger partial charge < -0.3 is 53.8 Å². The third-order valence-electron chi connectivity index (χ3n) is 13.9. The number of ether oxygens (including phenoxy) is 1. The summed E-state index contributed by atoms with van der Waals surface area (Å²) in [5, 5.41) is 3.89. The van der Waals surface area contributed by atoms with Crippen LogP contribution < -0.4 is 31.4 Å². The van der Waals surface area contributed by atoms with Crippen LogP contribution in [0.1, 0.15) is 94.7 Å². The smallest absolute Gasteiger partial charge is 0.490 e. The predicted octanol–water partition coefficient (Wildman–Crippen LogP) is 7.14. The maximum absolute atomic E-state index is 13.1. The number of hydrogen-bond acceptors (Lipinski definition) is 16. The van der Waals surface area contributed by atoms with E-state index in [-0.39, 0.29) is 59.2 Å². The number of H-pyrrole nitrogens is 1. The molecular weight excluding hydrogens is 1130 g/mol. The van der Waals surface area contributed by atoms with E-state index in [0.29, 0.717) is 31.4 Å². The summed E-state index contributed by atoms with van der Waals surface area (Å²) in [7, 11) is -21.5. The SMILES string of the molecule is CC[N+](CC)=c1ccc2c(/C=C/C=C3/N(CCCCCC(=O)NCC#Cc4cn([C@H]5CC[C@@H](COP(=O)(O)OP(=O)(O)OP(=O)(O)O)O5)c5nc(N)[nH]c(=O)c45)c4ccc(S(=O)(=O)[O-])cc4C3(C)C)c(C)c(-c3ccccc3)oc-2c1. The second-order valence-corrected chi connectivity index (χ2v) is 25.5. The third kappa shape index (κ3) is 14.5. The van der Waals surface area contributed by atoms with Crippen LogP contribution in [0.3, 0.4) is 0 Å². The van der Waals surface area contributed by atoms with Crippen molar-refractivity contribution >= 4 is 68.2 Å². The van der Waals surface area contributed by atoms with Crippen LogP contribution >= 0.6 is 23.5 Å². The van der Waals surface area contributed by atoms with Crippen LogP contribution in [-0.4, -0.2) is 91.9 Å². The maximum atomic E-state index is 13.1. The molecule has 1 amide bonds. The van der Waals surface area contributed by atoms with Gasteiger partial charge in [0.05, 0.1) is 41.2 Å². The van der Waals surface area contributed by atoms with E-state index in [9.17, 15) is 46.0 Å². The number of aromatic amines is 1. The summed E-state index contributed by atoms with van der Waals surface area (Å²) in [6.45, 7) is 11.7. The molecule has 81 heavy (non-hydrogen) atoms. The molecule has 4 atom stereocenters. The first-order chi connectivity index (χ1) is 38.2. The molecule has 4 aromatic rings. The number of unbranched alkanes of at least 4 members (excludes halogenated alkanes) is 2. The van der Waals surface area contributed by atoms with Crippen molar-refractivity contribution in [2.24, 2.45) is 0 Å². The van der Waals surface area contributed by atoms with Crippen LogP contribution in [0, 0.1) is 18.8 Å². The third-order valence-corrected chi connectivity index (χ3v) is 18.5. The fourth-order valence-corrected chi connectivity index (χ4v) is 13.6. The zero-order valence-corrected chi connectivity index (χ0v) is 48.3. The van der Waals surface area contributed by atoms with Crippen molar-refractivity contribution in [1.82, 2.24) is 24.4 Å². The van der Waals surface area contributed by atoms with Crippen molar-refractivity contribution in [3.63, 3.8) is 0 Å². The minimum Gasteiger partial charge on any atom is -0.744 e. The average molecular weight is 1190 g/mol. The van der Waals surface area contributed by atoms with Gasteiger partial charge in [0.25, 0.3) is 5.56 Å². The van der Waals surface area contributed by atoms with Crippen molar-refractivity contribution in [3.8, 4) is 34.5 Å². The van der Waals surface area contributed by atoms with Crippen LogP contribution in [0.2, 0.25) is 0 Å². The highest BCUT2D eigenvalue weighted by atomic mass is 32.2. The molecule has 4 aliphatic rings. The van der Waals surface area contributed by atoms with Gasteiger partial charge in [-0.15, -0.1) is 0 Å². The number of nitrogens with two attached hydrogens (primary N) is 1. The highest BCUT2D eigenvalue weighted by Gasteiger charge is 2.42. The summed E-state index contributed by atoms with van der Waals surface area (Å²) in [5.41, 5.74) is 11.0. The van der Waals surface area contributed by atoms with E-state index in [0.717, 1.165) is 63.6 Å². The molecule has 1 aliphatic carbocycles. The van der Waals surface area contributed by atoms with Gasteiger partial charge in [0.15, 0.2) is 5.65 Å². The Morgan fingerprint density at radius 1 is 1.01 bits per heavy atom. The van der Waals surface area contributed by atoms with Gasteiger partial charge in [-0.1, -0.05) is 74.6 Å². The lowest BCUT2D eigenvalue weighted by Gasteiger charge is -2.27. The summed E-state index contributed by atoms with van der Waals surface area (Å²) >= 11 is 0. The van der Waals surface area contributed by atoms with Gasteiger partial charge in [0, 0.05) is 58.7 Å². The van der Waals surface area contributed by atoms with Crippen LogP contribution in [0.4, 0.5) is 11.6 Å². The van der Waals surface area contributed by atoms with Crippen molar-refractivity contribution < 1.29 is 73.3 Å². The Morgan fingerprint density at radius 2 is 1.75 bits per heavy atom. The van der Waals surface area contributed by atoms with Gasteiger partial charge in [0.2, 0.25) is 17.2 Å². The van der Waals surface area contributed by atoms with E-state index in [2.05, 4.69) is 83.3 Å². The number of carbonyl (C=O) groups is 1. The van der Waals surface area contributed by atoms with Crippen molar-refractivity contribution in [1.29, 1.82) is 0 Å². The molecule has 2 aromatic heterocycles. The van der Waals surface area contributed by atoms with E-state index in [1.807, 2.05) is 63.3 Å². The fraction of sp³-hybridized carbons (Fsp3) is 0.358. The summed E-state index contributed by atoms with van der Waals surface area (Å²) in [6.07, 6.45) is 8.28. The Balaban J connectivity index is 0.923. The molecule has 0 spiro atoms. The number of aromatic nitrogens is 3. The first-order valence-electron chi connectivity index (χ1n) is 25.8. The van der Waals surface area contributed by atoms with Gasteiger partial charge in [0.1, 0.15) is 41.0 Å². The van der Waals surface area contributed by atoms with Crippen molar-refractivity contribution in [3.05, 3.63) is 129 Å². The molecule has 0 saturated carbocycles. The minimum atomic E-state index is -5.72. The number of hydrogen-bond donors (Lipinski definition) is 7. The Hall–Kier alpha value is -6.32. The summed E-state index contributed by atoms with van der Waals surface area (Å²) in [5.74, 6) is 6.76. The minimum absolute atomic E-state index is 0.0652. The fourth-order valence-electron chi connectivity index (χ4n) is 10.1. The maximum Gasteiger partial charge on any atom is 0.490 e. The number of anilines is 2. The van der Waals surface area contributed by atoms with Crippen LogP contribution in [-0.2, 0) is 51.9 Å². The summed E-state index contributed by atoms with van der Waals surface area (Å²) in [4.78, 5) is 71.5. The van der Waals surface area contributed by atoms with Crippen LogP contribution in [0.5, 0.6) is 0 Å². The Bertz CT molecular complexity index is 3870. The van der Waals surface area contributed by atoms with Gasteiger partial charge in [-0.3, -0.25) is 19.1 Å². The lowest BCUT2D eigenvalue weighted by molar-refractivity contribution is -0.120. The molecule has 3 aliphatic heterocycles. The molecule has 24 nitrogen and oxygen atoms in total. The number of nitrogens with zero attached hydrogens (tertiary/aromatic N) is 4. The highest BCUT2D eigenvalue weighted by molar-refractivity contribution is 7.85. The summed E-state index contributed by atoms with van der Waals surface area (Å²) in [6, 6.07) is 20.7. The zero-order chi connectivity index (χ0) is 58.7. The Morgan fingerprint density at radius 3 is 2.46 bits per heavy atom. The second kappa shape index (κ2) is 24.6. The lowest BCUT2D eigenvalue weighted by atomic mass is 9.83. The van der Waals surface area contributed by atoms with Gasteiger partial charge in [-0.05, 0) is 87.9 Å². The van der Waals surface area contributed by atoms with Crippen LogP contribution in [0.25, 0.3) is 39.8 Å². The quantitative estimate of drug-likeness (QED) is 0.0124. The number of carbonyl (C=O) groups excluding carboxylic acids is 1. The molecular formula is C53H62N7O17P3S. The monoisotopic (exact) mass is 1190 g/mol. The molecule has 1 saturated heterocycles. The number of nitrogens with one attached hydrogen (secondary N) is 2. The number of nitrogen functional groups attached to an aromatic ring is 1. The lowest BCUT2D eigenvalue weighted by Crippen LogP contribution is -2.29. The van der Waals surface area contributed by atoms with E-state index in [1.54, 1.807) is 6.07 Å². The zero-order valence-electron chi connectivity index (χ0n) is 44.8. The number of phosphoric ester groups is 1. The van der Waals surface area contributed by atoms with Crippen LogP contribution in [0.15, 0.2) is 105 Å². The van der Waals surface area contributed by atoms with E-state index >= 15 is 0 Å². The predicted molar refractivity (Wildman–Crippen MR) is 300 cm³/mol. The topological polar surface area (TPSA) is 351 Å². The molecule has 28 heteroatoms. The summed E-state index contributed by atoms with van der Waals surface area (Å²) < 4.78 is 100. The number of amides is 1. The largest absolute Gasteiger partial charge is 0.744 e. The molecule has 2 aromatic carbocycles. The molecule has 1 fully saturated rings. The normalized spacial score (nSPS) is 18.2. The highest BCUT2D eigenvalue weighted by Crippen LogP contribution is 2.66. The Labute approximate surface area is 466 Å². The van der Waals surface area contributed by atoms with Gasteiger partial charge >= 0.3 is 23.5 Å². The Kier molecular flexibility index (Phi) is 18.5. The molecule has 0 radical (unpaired) electrons. The first kappa shape index (κ1) is 60.8. The standard InChI is InChI=1S/C53H62N7O17P3S/c1-6-58(7-2)37-22-25-41-40(34(3)49(75-44(41)30-37)35-16-10-8-11-17-35)19-14-20-45-53(4,5)42-31-39(81(70,71)72)24-26-43(42)59(45)29-13-9-12-21-46(61)55-28-15-18-36-32-60(50-48(36)51(62)57-52(54)56-50)47-27-23-38(74-47)33-73-79(66,67)77-80(68,69)76-78(63,64)65/h8,10-11,14,16-17,19-20,22,24-26,30-32,38,47H,6-7,9,12-13,21,23,27-29,33H2,1-5H3,(H8-,54,55,56,57,61,62,63,64,65,66,67,68,69,70,71,72)/t38-,47+/m0/s1. The van der Waals surface area contributed by atoms with Crippen molar-refractivity contribution in [2.75, 3.05) is 43.4 Å². The van der Waals surface area contributed by atoms with E-state index in [4.69, 9.17) is 29.2 Å². The van der Waals surface area contributed by atoms with E-state index in [1.165, 1.54) is 22.9 Å². The molecule has 2 unspecified atom stereocenters. The number of benzene rings is 3. The number of rotatable bonds is 21. The van der Waals surface area contributed by atoms with Gasteiger partial charge in [-0.2, -0.15) is 13.6 Å². The molecule has 8 rings (SSSR count). The molecule has 8 N–H and O–H groups in total. The van der Waals surface area contributed by atoms with Gasteiger partial charge in [-0.25, -0.2) is 26.7 Å². The molecule has 5 heterocycles. The van der Waals surface area contributed by atoms with E-state index < -0.39 is 63.5 Å². The average Bonchev–Trinajstić information content (AvgIpc) is 4.21. The number of phosphoric acid groups is 3. The van der Waals surface area contributed by atoms with Crippen molar-refractivity contribution in [2.45, 2.75) is 95.8 Å². The molecule has 0 bridgehead atoms. The second-order valence-electron chi connectivity index (χ2n) is 19.7. The first-order valence-corrected chi connectivity index (χ1v) is 31.7. The number of fused-ring (bicyclic) bond motifs is 3. The molecule has 432 valence electrons.